The lowest BCUT2D eigenvalue weighted by atomic mass is 9.70. The Morgan fingerprint density at radius 3 is 2.33 bits per heavy atom. The van der Waals surface area contributed by atoms with Gasteiger partial charge in [0.15, 0.2) is 0 Å². The molecule has 0 saturated heterocycles. The maximum atomic E-state index is 11.9. The van der Waals surface area contributed by atoms with E-state index in [1.807, 2.05) is 0 Å². The smallest absolute Gasteiger partial charge is 0.136 e. The molecule has 0 heterocycles. The third kappa shape index (κ3) is 3.06. The number of ketones is 1. The minimum absolute atomic E-state index is 0.376. The van der Waals surface area contributed by atoms with Crippen LogP contribution in [0.25, 0.3) is 0 Å². The summed E-state index contributed by atoms with van der Waals surface area (Å²) in [6, 6.07) is 0. The molecule has 0 radical (unpaired) electrons. The minimum atomic E-state index is 0.376. The molecule has 0 bridgehead atoms. The van der Waals surface area contributed by atoms with Crippen LogP contribution in [-0.4, -0.2) is 5.78 Å². The van der Waals surface area contributed by atoms with Gasteiger partial charge in [-0.3, -0.25) is 4.79 Å². The summed E-state index contributed by atoms with van der Waals surface area (Å²) in [6.45, 7) is 9.04. The third-order valence-corrected chi connectivity index (χ3v) is 4.29. The zero-order chi connectivity index (χ0) is 11.4. The fraction of sp³-hybridized carbons (Fsp3) is 0.929. The number of Topliss-reactive ketones (excluding diaryl/α,β-unsaturated/α-hetero) is 1. The van der Waals surface area contributed by atoms with Crippen LogP contribution in [0.2, 0.25) is 0 Å². The Morgan fingerprint density at radius 2 is 1.87 bits per heavy atom. The van der Waals surface area contributed by atoms with Gasteiger partial charge in [-0.1, -0.05) is 40.5 Å². The van der Waals surface area contributed by atoms with E-state index in [0.717, 1.165) is 43.9 Å². The molecule has 88 valence electrons. The van der Waals surface area contributed by atoms with Crippen LogP contribution in [0.5, 0.6) is 0 Å². The lowest BCUT2D eigenvalue weighted by Crippen LogP contribution is -2.32. The third-order valence-electron chi connectivity index (χ3n) is 4.29. The van der Waals surface area contributed by atoms with Gasteiger partial charge < -0.3 is 0 Å². The molecular weight excluding hydrogens is 184 g/mol. The van der Waals surface area contributed by atoms with Crippen molar-refractivity contribution in [2.24, 2.45) is 23.7 Å². The van der Waals surface area contributed by atoms with E-state index in [4.69, 9.17) is 0 Å². The molecular formula is C14H26O. The van der Waals surface area contributed by atoms with Crippen molar-refractivity contribution in [3.8, 4) is 0 Å². The number of carbonyl (C=O) groups excluding carboxylic acids is 1. The molecule has 1 rings (SSSR count). The number of rotatable bonds is 4. The standard InChI is InChI=1S/C14H26O/c1-5-11(6-2)13-9-12(10(3)4)7-8-14(13)15/h10-13H,5-9H2,1-4H3. The van der Waals surface area contributed by atoms with Gasteiger partial charge in [0.2, 0.25) is 0 Å². The largest absolute Gasteiger partial charge is 0.299 e. The van der Waals surface area contributed by atoms with E-state index in [0.29, 0.717) is 17.6 Å². The van der Waals surface area contributed by atoms with Gasteiger partial charge >= 0.3 is 0 Å². The van der Waals surface area contributed by atoms with E-state index in [-0.39, 0.29) is 0 Å². The van der Waals surface area contributed by atoms with Crippen LogP contribution in [0.3, 0.4) is 0 Å². The van der Waals surface area contributed by atoms with Gasteiger partial charge in [-0.2, -0.15) is 0 Å². The van der Waals surface area contributed by atoms with E-state index in [2.05, 4.69) is 27.7 Å². The molecule has 1 nitrogen and oxygen atoms in total. The van der Waals surface area contributed by atoms with Gasteiger partial charge in [-0.05, 0) is 30.6 Å². The van der Waals surface area contributed by atoms with Gasteiger partial charge in [-0.25, -0.2) is 0 Å². The average molecular weight is 210 g/mol. The summed E-state index contributed by atoms with van der Waals surface area (Å²) in [4.78, 5) is 11.9. The zero-order valence-electron chi connectivity index (χ0n) is 10.8. The first-order valence-electron chi connectivity index (χ1n) is 6.62. The molecule has 1 aliphatic rings. The SMILES string of the molecule is CCC(CC)C1CC(C(C)C)CCC1=O. The highest BCUT2D eigenvalue weighted by molar-refractivity contribution is 5.82. The molecule has 1 fully saturated rings. The summed E-state index contributed by atoms with van der Waals surface area (Å²) in [5.74, 6) is 3.09. The molecule has 0 N–H and O–H groups in total. The van der Waals surface area contributed by atoms with Crippen molar-refractivity contribution in [1.29, 1.82) is 0 Å². The minimum Gasteiger partial charge on any atom is -0.299 e. The fourth-order valence-electron chi connectivity index (χ4n) is 3.01. The Hall–Kier alpha value is -0.330. The molecule has 1 heteroatoms. The first-order valence-corrected chi connectivity index (χ1v) is 6.62. The molecule has 2 unspecified atom stereocenters. The second-order valence-corrected chi connectivity index (χ2v) is 5.43. The van der Waals surface area contributed by atoms with Crippen molar-refractivity contribution in [2.75, 3.05) is 0 Å². The first-order chi connectivity index (χ1) is 7.10. The van der Waals surface area contributed by atoms with Crippen LogP contribution in [0.1, 0.15) is 59.8 Å². The van der Waals surface area contributed by atoms with Crippen LogP contribution in [-0.2, 0) is 4.79 Å². The molecule has 2 atom stereocenters. The normalized spacial score (nSPS) is 27.7. The molecule has 0 aromatic rings. The predicted octanol–water partition coefficient (Wildman–Crippen LogP) is 4.06. The van der Waals surface area contributed by atoms with E-state index in [1.54, 1.807) is 0 Å². The highest BCUT2D eigenvalue weighted by Gasteiger charge is 2.33. The summed E-state index contributed by atoms with van der Waals surface area (Å²) < 4.78 is 0. The van der Waals surface area contributed by atoms with Gasteiger partial charge in [0.1, 0.15) is 5.78 Å². The highest BCUT2D eigenvalue weighted by Crippen LogP contribution is 2.37. The van der Waals surface area contributed by atoms with Crippen molar-refractivity contribution in [3.05, 3.63) is 0 Å². The van der Waals surface area contributed by atoms with Crippen LogP contribution >= 0.6 is 0 Å². The molecule has 1 aliphatic carbocycles. The topological polar surface area (TPSA) is 17.1 Å². The maximum absolute atomic E-state index is 11.9. The monoisotopic (exact) mass is 210 g/mol. The molecule has 0 aromatic heterocycles. The second kappa shape index (κ2) is 5.67. The van der Waals surface area contributed by atoms with E-state index in [1.165, 1.54) is 0 Å². The van der Waals surface area contributed by atoms with E-state index >= 15 is 0 Å². The predicted molar refractivity (Wildman–Crippen MR) is 64.7 cm³/mol. The van der Waals surface area contributed by atoms with Gasteiger partial charge in [0.05, 0.1) is 0 Å². The molecule has 0 spiro atoms. The summed E-state index contributed by atoms with van der Waals surface area (Å²) in [7, 11) is 0. The Morgan fingerprint density at radius 1 is 1.27 bits per heavy atom. The summed E-state index contributed by atoms with van der Waals surface area (Å²) in [5, 5.41) is 0. The van der Waals surface area contributed by atoms with Crippen LogP contribution in [0, 0.1) is 23.7 Å². The Kier molecular flexibility index (Phi) is 4.82. The summed E-state index contributed by atoms with van der Waals surface area (Å²) >= 11 is 0. The van der Waals surface area contributed by atoms with Gasteiger partial charge in [-0.15, -0.1) is 0 Å². The number of hydrogen-bond donors (Lipinski definition) is 0. The van der Waals surface area contributed by atoms with Gasteiger partial charge in [0.25, 0.3) is 0 Å². The van der Waals surface area contributed by atoms with Crippen LogP contribution in [0.4, 0.5) is 0 Å². The van der Waals surface area contributed by atoms with E-state index < -0.39 is 0 Å². The lowest BCUT2D eigenvalue weighted by Gasteiger charge is -2.34. The van der Waals surface area contributed by atoms with Crippen molar-refractivity contribution in [1.82, 2.24) is 0 Å². The lowest BCUT2D eigenvalue weighted by molar-refractivity contribution is -0.128. The van der Waals surface area contributed by atoms with Crippen molar-refractivity contribution in [3.63, 3.8) is 0 Å². The van der Waals surface area contributed by atoms with Crippen molar-refractivity contribution >= 4 is 5.78 Å². The quantitative estimate of drug-likeness (QED) is 0.683. The van der Waals surface area contributed by atoms with Crippen molar-refractivity contribution in [2.45, 2.75) is 59.8 Å². The number of hydrogen-bond acceptors (Lipinski definition) is 1. The maximum Gasteiger partial charge on any atom is 0.136 e. The van der Waals surface area contributed by atoms with Crippen LogP contribution < -0.4 is 0 Å². The molecule has 0 aromatic carbocycles. The van der Waals surface area contributed by atoms with Crippen LogP contribution in [0.15, 0.2) is 0 Å². The average Bonchev–Trinajstić information content (AvgIpc) is 2.22. The Bertz CT molecular complexity index is 203. The zero-order valence-corrected chi connectivity index (χ0v) is 10.8. The van der Waals surface area contributed by atoms with Gasteiger partial charge in [0, 0.05) is 12.3 Å². The van der Waals surface area contributed by atoms with Crippen molar-refractivity contribution < 1.29 is 4.79 Å². The molecule has 1 saturated carbocycles. The molecule has 15 heavy (non-hydrogen) atoms. The summed E-state index contributed by atoms with van der Waals surface area (Å²) in [5.41, 5.74) is 0. The fourth-order valence-corrected chi connectivity index (χ4v) is 3.01. The molecule has 0 amide bonds. The summed E-state index contributed by atoms with van der Waals surface area (Å²) in [6.07, 6.45) is 5.45. The number of carbonyl (C=O) groups is 1. The Balaban J connectivity index is 2.64. The highest BCUT2D eigenvalue weighted by atomic mass is 16.1. The molecule has 0 aliphatic heterocycles. The second-order valence-electron chi connectivity index (χ2n) is 5.43. The Labute approximate surface area is 94.6 Å². The first kappa shape index (κ1) is 12.7. The van der Waals surface area contributed by atoms with E-state index in [9.17, 15) is 4.79 Å².